The summed E-state index contributed by atoms with van der Waals surface area (Å²) in [5, 5.41) is 14.8. The van der Waals surface area contributed by atoms with Crippen LogP contribution in [0.4, 0.5) is 0 Å². The maximum Gasteiger partial charge on any atom is 0.144 e. The van der Waals surface area contributed by atoms with Crippen molar-refractivity contribution in [3.8, 4) is 0 Å². The minimum atomic E-state index is -1.75. The van der Waals surface area contributed by atoms with Gasteiger partial charge in [-0.2, -0.15) is 0 Å². The molecule has 1 aliphatic heterocycles. The fraction of sp³-hybridized carbons (Fsp3) is 0.933. The molecule has 0 aromatic rings. The van der Waals surface area contributed by atoms with Gasteiger partial charge in [-0.05, 0) is 12.8 Å². The SMILES string of the molecule is CCCCCCCCC[N+]1(C)CCC(=O)CC1.O=[N+]([O-])[O-]. The van der Waals surface area contributed by atoms with Crippen LogP contribution in [0.25, 0.3) is 0 Å². The summed E-state index contributed by atoms with van der Waals surface area (Å²) in [6.45, 7) is 5.70. The number of nitrogens with zero attached hydrogens (tertiary/aromatic N) is 2. The lowest BCUT2D eigenvalue weighted by atomic mass is 10.1. The molecule has 124 valence electrons. The van der Waals surface area contributed by atoms with E-state index in [1.54, 1.807) is 0 Å². The Hall–Kier alpha value is -1.17. The fourth-order valence-electron chi connectivity index (χ4n) is 2.70. The molecule has 0 saturated carbocycles. The molecule has 0 aromatic carbocycles. The lowest BCUT2D eigenvalue weighted by molar-refractivity contribution is -0.911. The van der Waals surface area contributed by atoms with Gasteiger partial charge in [0.2, 0.25) is 0 Å². The molecule has 0 atom stereocenters. The number of carbonyl (C=O) groups excluding carboxylic acids is 1. The Balaban J connectivity index is 0.000000885. The van der Waals surface area contributed by atoms with Crippen molar-refractivity contribution in [2.24, 2.45) is 0 Å². The first-order valence-corrected chi connectivity index (χ1v) is 8.06. The second-order valence-corrected chi connectivity index (χ2v) is 6.17. The van der Waals surface area contributed by atoms with E-state index in [4.69, 9.17) is 15.3 Å². The topological polar surface area (TPSA) is 83.3 Å². The van der Waals surface area contributed by atoms with Crippen LogP contribution in [0.2, 0.25) is 0 Å². The van der Waals surface area contributed by atoms with Gasteiger partial charge in [0.05, 0.1) is 44.6 Å². The van der Waals surface area contributed by atoms with Gasteiger partial charge < -0.3 is 19.8 Å². The van der Waals surface area contributed by atoms with Gasteiger partial charge in [0, 0.05) is 0 Å². The first-order chi connectivity index (χ1) is 9.89. The van der Waals surface area contributed by atoms with Gasteiger partial charge in [-0.1, -0.05) is 39.0 Å². The quantitative estimate of drug-likeness (QED) is 0.298. The lowest BCUT2D eigenvalue weighted by Gasteiger charge is -2.37. The zero-order chi connectivity index (χ0) is 16.1. The Morgan fingerprint density at radius 2 is 1.43 bits per heavy atom. The number of rotatable bonds is 8. The number of hydrogen-bond acceptors (Lipinski definition) is 4. The summed E-state index contributed by atoms with van der Waals surface area (Å²) in [6.07, 6.45) is 11.3. The molecule has 6 nitrogen and oxygen atoms in total. The first kappa shape index (κ1) is 19.8. The molecule has 0 amide bonds. The average molecular weight is 302 g/mol. The van der Waals surface area contributed by atoms with Crippen LogP contribution in [0, 0.1) is 15.3 Å². The van der Waals surface area contributed by atoms with Gasteiger partial charge in [0.1, 0.15) is 5.78 Å². The highest BCUT2D eigenvalue weighted by Crippen LogP contribution is 2.16. The van der Waals surface area contributed by atoms with E-state index in [1.165, 1.54) is 51.5 Å². The third-order valence-corrected chi connectivity index (χ3v) is 4.16. The molecule has 0 unspecified atom stereocenters. The summed E-state index contributed by atoms with van der Waals surface area (Å²) in [4.78, 5) is 19.5. The maximum atomic E-state index is 11.2. The predicted octanol–water partition coefficient (Wildman–Crippen LogP) is 3.31. The van der Waals surface area contributed by atoms with Gasteiger partial charge in [-0.25, -0.2) is 0 Å². The molecular formula is C15H30N2O4. The summed E-state index contributed by atoms with van der Waals surface area (Å²) in [7, 11) is 2.32. The van der Waals surface area contributed by atoms with Crippen molar-refractivity contribution in [1.82, 2.24) is 0 Å². The van der Waals surface area contributed by atoms with E-state index in [2.05, 4.69) is 14.0 Å². The van der Waals surface area contributed by atoms with Crippen LogP contribution in [0.1, 0.15) is 64.7 Å². The number of Topliss-reactive ketones (excluding diaryl/α,β-unsaturated/α-hetero) is 1. The van der Waals surface area contributed by atoms with E-state index in [0.717, 1.165) is 30.4 Å². The highest BCUT2D eigenvalue weighted by Gasteiger charge is 2.27. The van der Waals surface area contributed by atoms with E-state index in [1.807, 2.05) is 0 Å². The highest BCUT2D eigenvalue weighted by molar-refractivity contribution is 5.78. The molecule has 1 saturated heterocycles. The van der Waals surface area contributed by atoms with Crippen molar-refractivity contribution in [2.45, 2.75) is 64.7 Å². The Bertz CT molecular complexity index is 294. The summed E-state index contributed by atoms with van der Waals surface area (Å²) in [5.41, 5.74) is 0. The molecule has 0 radical (unpaired) electrons. The number of quaternary nitrogens is 1. The molecular weight excluding hydrogens is 272 g/mol. The van der Waals surface area contributed by atoms with Gasteiger partial charge in [-0.15, -0.1) is 0 Å². The molecule has 0 aliphatic carbocycles. The molecule has 1 fully saturated rings. The summed E-state index contributed by atoms with van der Waals surface area (Å²) >= 11 is 0. The lowest BCUT2D eigenvalue weighted by Crippen LogP contribution is -2.50. The van der Waals surface area contributed by atoms with E-state index >= 15 is 0 Å². The molecule has 0 aromatic heterocycles. The number of ketones is 1. The van der Waals surface area contributed by atoms with Crippen molar-refractivity contribution >= 4 is 5.78 Å². The van der Waals surface area contributed by atoms with Crippen LogP contribution in [0.5, 0.6) is 0 Å². The Morgan fingerprint density at radius 3 is 1.90 bits per heavy atom. The van der Waals surface area contributed by atoms with Crippen LogP contribution in [0.15, 0.2) is 0 Å². The predicted molar refractivity (Wildman–Crippen MR) is 83.4 cm³/mol. The second-order valence-electron chi connectivity index (χ2n) is 6.17. The normalized spacial score (nSPS) is 17.0. The van der Waals surface area contributed by atoms with E-state index in [0.29, 0.717) is 5.78 Å². The zero-order valence-corrected chi connectivity index (χ0v) is 13.5. The van der Waals surface area contributed by atoms with E-state index in [9.17, 15) is 4.79 Å². The van der Waals surface area contributed by atoms with Gasteiger partial charge in [0.15, 0.2) is 0 Å². The molecule has 1 rings (SSSR count). The summed E-state index contributed by atoms with van der Waals surface area (Å²) < 4.78 is 1.14. The van der Waals surface area contributed by atoms with Crippen molar-refractivity contribution < 1.29 is 14.4 Å². The number of piperidine rings is 1. The van der Waals surface area contributed by atoms with Gasteiger partial charge >= 0.3 is 0 Å². The summed E-state index contributed by atoms with van der Waals surface area (Å²) in [6, 6.07) is 0. The van der Waals surface area contributed by atoms with Crippen molar-refractivity contribution in [1.29, 1.82) is 0 Å². The smallest absolute Gasteiger partial charge is 0.144 e. The third-order valence-electron chi connectivity index (χ3n) is 4.16. The van der Waals surface area contributed by atoms with Crippen molar-refractivity contribution in [3.63, 3.8) is 0 Å². The average Bonchev–Trinajstić information content (AvgIpc) is 2.41. The standard InChI is InChI=1S/C15H30NO.NO3/c1-3-4-5-6-7-8-9-12-16(2)13-10-15(17)11-14-16;2-1(3)4/h3-14H2,1-2H3;/q+1;-1. The first-order valence-electron chi connectivity index (χ1n) is 8.06. The molecule has 6 heteroatoms. The summed E-state index contributed by atoms with van der Waals surface area (Å²) in [5.74, 6) is 0.472. The number of likely N-dealkylation sites (tertiary alicyclic amines) is 1. The van der Waals surface area contributed by atoms with Gasteiger partial charge in [0.25, 0.3) is 0 Å². The van der Waals surface area contributed by atoms with Gasteiger partial charge in [-0.3, -0.25) is 4.79 Å². The fourth-order valence-corrected chi connectivity index (χ4v) is 2.70. The monoisotopic (exact) mass is 302 g/mol. The third kappa shape index (κ3) is 12.3. The highest BCUT2D eigenvalue weighted by atomic mass is 16.9. The van der Waals surface area contributed by atoms with Crippen LogP contribution in [-0.2, 0) is 4.79 Å². The van der Waals surface area contributed by atoms with Crippen LogP contribution < -0.4 is 0 Å². The van der Waals surface area contributed by atoms with Crippen LogP contribution >= 0.6 is 0 Å². The van der Waals surface area contributed by atoms with Crippen LogP contribution in [0.3, 0.4) is 0 Å². The number of hydrogen-bond donors (Lipinski definition) is 0. The Kier molecular flexibility index (Phi) is 10.8. The molecule has 1 heterocycles. The van der Waals surface area contributed by atoms with Crippen molar-refractivity contribution in [2.75, 3.05) is 26.7 Å². The minimum absolute atomic E-state index is 0.472. The molecule has 21 heavy (non-hydrogen) atoms. The molecule has 1 aliphatic rings. The van der Waals surface area contributed by atoms with E-state index < -0.39 is 5.09 Å². The van der Waals surface area contributed by atoms with E-state index in [-0.39, 0.29) is 0 Å². The zero-order valence-electron chi connectivity index (χ0n) is 13.5. The van der Waals surface area contributed by atoms with Crippen LogP contribution in [-0.4, -0.2) is 42.0 Å². The molecule has 0 spiro atoms. The Morgan fingerprint density at radius 1 is 1.00 bits per heavy atom. The maximum absolute atomic E-state index is 11.2. The number of unbranched alkanes of at least 4 members (excludes halogenated alkanes) is 6. The van der Waals surface area contributed by atoms with Crippen molar-refractivity contribution in [3.05, 3.63) is 15.3 Å². The molecule has 0 bridgehead atoms. The minimum Gasteiger partial charge on any atom is -0.356 e. The number of carbonyl (C=O) groups is 1. The second kappa shape index (κ2) is 11.5. The largest absolute Gasteiger partial charge is 0.356 e. The Labute approximate surface area is 127 Å². The molecule has 0 N–H and O–H groups in total.